The molecule has 0 saturated carbocycles. The normalized spacial score (nSPS) is 19.2. The number of rotatable bonds is 0. The van der Waals surface area contributed by atoms with Crippen LogP contribution in [0.5, 0.6) is 0 Å². The standard InChI is InChI=1S/C10H5F2NO/c11-8-2-1-6-7(9(8)12)3-5(4-13)10(6)14/h1-2,5H,3H2. The van der Waals surface area contributed by atoms with Crippen molar-refractivity contribution >= 4 is 5.78 Å². The third-order valence-electron chi connectivity index (χ3n) is 2.34. The van der Waals surface area contributed by atoms with Crippen LogP contribution in [0.3, 0.4) is 0 Å². The van der Waals surface area contributed by atoms with Crippen LogP contribution >= 0.6 is 0 Å². The largest absolute Gasteiger partial charge is 0.293 e. The van der Waals surface area contributed by atoms with E-state index >= 15 is 0 Å². The van der Waals surface area contributed by atoms with E-state index in [2.05, 4.69) is 0 Å². The quantitative estimate of drug-likeness (QED) is 0.630. The first-order valence-corrected chi connectivity index (χ1v) is 4.06. The second-order valence-electron chi connectivity index (χ2n) is 3.14. The van der Waals surface area contributed by atoms with Crippen LogP contribution in [0.4, 0.5) is 8.78 Å². The van der Waals surface area contributed by atoms with Crippen molar-refractivity contribution in [3.8, 4) is 6.07 Å². The van der Waals surface area contributed by atoms with Gasteiger partial charge in [-0.1, -0.05) is 0 Å². The fraction of sp³-hybridized carbons (Fsp3) is 0.200. The highest BCUT2D eigenvalue weighted by molar-refractivity contribution is 6.03. The first-order valence-electron chi connectivity index (χ1n) is 4.06. The Bertz CT molecular complexity index is 462. The number of benzene rings is 1. The molecule has 0 heterocycles. The molecule has 1 aliphatic rings. The topological polar surface area (TPSA) is 40.9 Å². The van der Waals surface area contributed by atoms with Crippen LogP contribution in [0.2, 0.25) is 0 Å². The molecule has 4 heteroatoms. The zero-order valence-electron chi connectivity index (χ0n) is 7.05. The molecular weight excluding hydrogens is 188 g/mol. The maximum Gasteiger partial charge on any atom is 0.180 e. The van der Waals surface area contributed by atoms with Crippen molar-refractivity contribution in [2.45, 2.75) is 6.42 Å². The molecule has 70 valence electrons. The number of nitriles is 1. The van der Waals surface area contributed by atoms with Gasteiger partial charge in [0.1, 0.15) is 5.92 Å². The zero-order valence-corrected chi connectivity index (χ0v) is 7.05. The van der Waals surface area contributed by atoms with Crippen LogP contribution in [0.25, 0.3) is 0 Å². The summed E-state index contributed by atoms with van der Waals surface area (Å²) in [5.74, 6) is -3.26. The second kappa shape index (κ2) is 2.88. The van der Waals surface area contributed by atoms with Gasteiger partial charge >= 0.3 is 0 Å². The van der Waals surface area contributed by atoms with E-state index in [1.807, 2.05) is 0 Å². The van der Waals surface area contributed by atoms with Crippen molar-refractivity contribution < 1.29 is 13.6 Å². The molecule has 14 heavy (non-hydrogen) atoms. The lowest BCUT2D eigenvalue weighted by Crippen LogP contribution is -2.05. The molecule has 0 aliphatic heterocycles. The molecule has 0 bridgehead atoms. The van der Waals surface area contributed by atoms with Gasteiger partial charge in [0.15, 0.2) is 17.4 Å². The third-order valence-corrected chi connectivity index (χ3v) is 2.34. The number of carbonyl (C=O) groups excluding carboxylic acids is 1. The Labute approximate surface area is 78.8 Å². The van der Waals surface area contributed by atoms with Gasteiger partial charge in [0.05, 0.1) is 6.07 Å². The molecule has 0 saturated heterocycles. The minimum atomic E-state index is -1.01. The minimum Gasteiger partial charge on any atom is -0.293 e. The molecule has 0 amide bonds. The van der Waals surface area contributed by atoms with Gasteiger partial charge in [0.2, 0.25) is 0 Å². The molecule has 1 aromatic carbocycles. The highest BCUT2D eigenvalue weighted by Gasteiger charge is 2.33. The minimum absolute atomic E-state index is 0.0196. The molecule has 2 rings (SSSR count). The Morgan fingerprint density at radius 3 is 2.79 bits per heavy atom. The molecule has 0 aromatic heterocycles. The maximum absolute atomic E-state index is 13.1. The summed E-state index contributed by atoms with van der Waals surface area (Å²) >= 11 is 0. The Morgan fingerprint density at radius 1 is 1.43 bits per heavy atom. The van der Waals surface area contributed by atoms with Crippen molar-refractivity contribution in [1.29, 1.82) is 5.26 Å². The van der Waals surface area contributed by atoms with Crippen LogP contribution in [0, 0.1) is 28.9 Å². The lowest BCUT2D eigenvalue weighted by Gasteiger charge is -1.98. The second-order valence-corrected chi connectivity index (χ2v) is 3.14. The molecule has 0 N–H and O–H groups in total. The maximum atomic E-state index is 13.1. The van der Waals surface area contributed by atoms with E-state index in [1.54, 1.807) is 6.07 Å². The van der Waals surface area contributed by atoms with Crippen LogP contribution in [-0.4, -0.2) is 5.78 Å². The summed E-state index contributed by atoms with van der Waals surface area (Å²) in [6.45, 7) is 0. The van der Waals surface area contributed by atoms with E-state index in [9.17, 15) is 13.6 Å². The molecule has 1 aliphatic carbocycles. The molecular formula is C10H5F2NO. The van der Waals surface area contributed by atoms with Gasteiger partial charge in [-0.25, -0.2) is 8.78 Å². The molecule has 0 radical (unpaired) electrons. The van der Waals surface area contributed by atoms with E-state index in [0.717, 1.165) is 6.07 Å². The van der Waals surface area contributed by atoms with E-state index < -0.39 is 23.3 Å². The first kappa shape index (κ1) is 8.82. The van der Waals surface area contributed by atoms with Crippen molar-refractivity contribution in [1.82, 2.24) is 0 Å². The predicted octanol–water partition coefficient (Wildman–Crippen LogP) is 1.84. The van der Waals surface area contributed by atoms with Crippen LogP contribution in [-0.2, 0) is 6.42 Å². The van der Waals surface area contributed by atoms with Crippen molar-refractivity contribution in [2.75, 3.05) is 0 Å². The first-order chi connectivity index (χ1) is 6.65. The van der Waals surface area contributed by atoms with Crippen LogP contribution in [0.15, 0.2) is 12.1 Å². The summed E-state index contributed by atoms with van der Waals surface area (Å²) in [6, 6.07) is 3.91. The predicted molar refractivity (Wildman–Crippen MR) is 43.5 cm³/mol. The fourth-order valence-electron chi connectivity index (χ4n) is 1.61. The Balaban J connectivity index is 2.60. The number of hydrogen-bond donors (Lipinski definition) is 0. The van der Waals surface area contributed by atoms with Gasteiger partial charge in [-0.15, -0.1) is 0 Å². The zero-order chi connectivity index (χ0) is 10.3. The molecule has 0 fully saturated rings. The van der Waals surface area contributed by atoms with Gasteiger partial charge in [-0.3, -0.25) is 4.79 Å². The lowest BCUT2D eigenvalue weighted by atomic mass is 10.1. The number of hydrogen-bond acceptors (Lipinski definition) is 2. The summed E-state index contributed by atoms with van der Waals surface area (Å²) in [5, 5.41) is 8.58. The number of fused-ring (bicyclic) bond motifs is 1. The number of ketones is 1. The lowest BCUT2D eigenvalue weighted by molar-refractivity contribution is 0.0963. The molecule has 2 nitrogen and oxygen atoms in total. The van der Waals surface area contributed by atoms with E-state index in [4.69, 9.17) is 5.26 Å². The summed E-state index contributed by atoms with van der Waals surface area (Å²) < 4.78 is 25.9. The van der Waals surface area contributed by atoms with E-state index in [-0.39, 0.29) is 17.5 Å². The van der Waals surface area contributed by atoms with Crippen molar-refractivity contribution in [3.63, 3.8) is 0 Å². The van der Waals surface area contributed by atoms with Crippen molar-refractivity contribution in [3.05, 3.63) is 34.9 Å². The number of Topliss-reactive ketones (excluding diaryl/α,β-unsaturated/α-hetero) is 1. The van der Waals surface area contributed by atoms with E-state index in [1.165, 1.54) is 6.07 Å². The van der Waals surface area contributed by atoms with Crippen LogP contribution in [0.1, 0.15) is 15.9 Å². The highest BCUT2D eigenvalue weighted by Crippen LogP contribution is 2.29. The summed E-state index contributed by atoms with van der Waals surface area (Å²) in [4.78, 5) is 11.4. The van der Waals surface area contributed by atoms with E-state index in [0.29, 0.717) is 0 Å². The van der Waals surface area contributed by atoms with Crippen molar-refractivity contribution in [2.24, 2.45) is 5.92 Å². The van der Waals surface area contributed by atoms with Gasteiger partial charge in [0, 0.05) is 11.1 Å². The smallest absolute Gasteiger partial charge is 0.180 e. The summed E-state index contributed by atoms with van der Waals surface area (Å²) in [7, 11) is 0. The van der Waals surface area contributed by atoms with Gasteiger partial charge in [-0.2, -0.15) is 5.26 Å². The average molecular weight is 193 g/mol. The molecule has 0 spiro atoms. The molecule has 1 aromatic rings. The monoisotopic (exact) mass is 193 g/mol. The van der Waals surface area contributed by atoms with Gasteiger partial charge in [0.25, 0.3) is 0 Å². The molecule has 1 atom stereocenters. The number of nitrogens with zero attached hydrogens (tertiary/aromatic N) is 1. The van der Waals surface area contributed by atoms with Gasteiger partial charge in [-0.05, 0) is 18.6 Å². The highest BCUT2D eigenvalue weighted by atomic mass is 19.2. The molecule has 1 unspecified atom stereocenters. The Kier molecular flexibility index (Phi) is 1.81. The number of carbonyl (C=O) groups is 1. The van der Waals surface area contributed by atoms with Gasteiger partial charge < -0.3 is 0 Å². The summed E-state index contributed by atoms with van der Waals surface area (Å²) in [5.41, 5.74) is 0.164. The average Bonchev–Trinajstić information content (AvgIpc) is 2.50. The fourth-order valence-corrected chi connectivity index (χ4v) is 1.61. The SMILES string of the molecule is N#CC1Cc2c(ccc(F)c2F)C1=O. The summed E-state index contributed by atoms with van der Waals surface area (Å²) in [6.07, 6.45) is -0.0196. The number of halogens is 2. The third kappa shape index (κ3) is 1.02. The Morgan fingerprint density at radius 2 is 2.14 bits per heavy atom. The van der Waals surface area contributed by atoms with Crippen LogP contribution < -0.4 is 0 Å². The Hall–Kier alpha value is -1.76.